The van der Waals surface area contributed by atoms with Crippen molar-refractivity contribution in [3.63, 3.8) is 0 Å². The number of nitrogens with zero attached hydrogens (tertiary/aromatic N) is 2. The van der Waals surface area contributed by atoms with Gasteiger partial charge in [-0.05, 0) is 6.42 Å². The zero-order valence-electron chi connectivity index (χ0n) is 10.8. The van der Waals surface area contributed by atoms with Crippen molar-refractivity contribution in [1.29, 1.82) is 0 Å². The van der Waals surface area contributed by atoms with E-state index in [1.54, 1.807) is 0 Å². The fourth-order valence-corrected chi connectivity index (χ4v) is 2.97. The van der Waals surface area contributed by atoms with Gasteiger partial charge in [0.2, 0.25) is 10.0 Å². The molecule has 1 aliphatic heterocycles. The monoisotopic (exact) mass is 279 g/mol. The quantitative estimate of drug-likeness (QED) is 0.715. The number of amides is 1. The lowest BCUT2D eigenvalue weighted by molar-refractivity contribution is 0.125. The summed E-state index contributed by atoms with van der Waals surface area (Å²) in [6.45, 7) is 4.01. The van der Waals surface area contributed by atoms with E-state index in [0.29, 0.717) is 32.7 Å². The van der Waals surface area contributed by atoms with Crippen LogP contribution in [0.2, 0.25) is 0 Å². The van der Waals surface area contributed by atoms with Gasteiger partial charge in [0.25, 0.3) is 0 Å². The van der Waals surface area contributed by atoms with E-state index in [9.17, 15) is 13.2 Å². The van der Waals surface area contributed by atoms with Crippen molar-refractivity contribution in [2.45, 2.75) is 19.4 Å². The normalized spacial score (nSPS) is 21.3. The van der Waals surface area contributed by atoms with Crippen LogP contribution in [0.5, 0.6) is 0 Å². The summed E-state index contributed by atoms with van der Waals surface area (Å²) in [5, 5.41) is 12.1. The maximum Gasteiger partial charge on any atom is 0.407 e. The summed E-state index contributed by atoms with van der Waals surface area (Å²) in [6.07, 6.45) is 0.964. The smallest absolute Gasteiger partial charge is 0.407 e. The van der Waals surface area contributed by atoms with Crippen LogP contribution in [0.3, 0.4) is 0 Å². The van der Waals surface area contributed by atoms with Gasteiger partial charge >= 0.3 is 6.09 Å². The van der Waals surface area contributed by atoms with E-state index >= 15 is 0 Å². The number of nitrogens with one attached hydrogen (secondary N) is 1. The van der Waals surface area contributed by atoms with Gasteiger partial charge in [-0.25, -0.2) is 17.5 Å². The lowest BCUT2D eigenvalue weighted by Gasteiger charge is -2.34. The number of hydrogen-bond acceptors (Lipinski definition) is 4. The minimum Gasteiger partial charge on any atom is -0.465 e. The van der Waals surface area contributed by atoms with E-state index in [0.717, 1.165) is 6.42 Å². The number of carbonyl (C=O) groups is 1. The van der Waals surface area contributed by atoms with Crippen molar-refractivity contribution in [1.82, 2.24) is 14.5 Å². The lowest BCUT2D eigenvalue weighted by atomic mass is 10.2. The maximum absolute atomic E-state index is 11.6. The molecule has 0 aromatic carbocycles. The predicted octanol–water partition coefficient (Wildman–Crippen LogP) is -0.390. The lowest BCUT2D eigenvalue weighted by Crippen LogP contribution is -2.56. The second kappa shape index (κ2) is 6.35. The molecule has 0 unspecified atom stereocenters. The number of piperazine rings is 1. The van der Waals surface area contributed by atoms with E-state index in [1.807, 2.05) is 6.92 Å². The van der Waals surface area contributed by atoms with Gasteiger partial charge < -0.3 is 15.3 Å². The first-order valence-electron chi connectivity index (χ1n) is 6.01. The molecule has 1 fully saturated rings. The van der Waals surface area contributed by atoms with Crippen LogP contribution < -0.4 is 5.32 Å². The second-order valence-electron chi connectivity index (χ2n) is 4.50. The molecule has 0 aliphatic carbocycles. The molecule has 7 nitrogen and oxygen atoms in total. The highest BCUT2D eigenvalue weighted by Crippen LogP contribution is 2.06. The Morgan fingerprint density at radius 1 is 1.56 bits per heavy atom. The fraction of sp³-hybridized carbons (Fsp3) is 0.900. The average molecular weight is 279 g/mol. The van der Waals surface area contributed by atoms with Crippen molar-refractivity contribution >= 4 is 16.1 Å². The van der Waals surface area contributed by atoms with Gasteiger partial charge in [0.1, 0.15) is 0 Å². The van der Waals surface area contributed by atoms with Crippen LogP contribution in [0.15, 0.2) is 0 Å². The van der Waals surface area contributed by atoms with Crippen LogP contribution in [0.25, 0.3) is 0 Å². The van der Waals surface area contributed by atoms with Gasteiger partial charge in [0, 0.05) is 38.8 Å². The minimum absolute atomic E-state index is 0.142. The first kappa shape index (κ1) is 15.2. The summed E-state index contributed by atoms with van der Waals surface area (Å²) in [4.78, 5) is 12.2. The average Bonchev–Trinajstić information content (AvgIpc) is 2.27. The number of rotatable bonds is 5. The van der Waals surface area contributed by atoms with Crippen molar-refractivity contribution in [2.75, 3.05) is 39.0 Å². The maximum atomic E-state index is 11.6. The van der Waals surface area contributed by atoms with Gasteiger partial charge in [-0.2, -0.15) is 0 Å². The molecule has 1 atom stereocenters. The zero-order valence-corrected chi connectivity index (χ0v) is 11.6. The Morgan fingerprint density at radius 2 is 2.22 bits per heavy atom. The molecule has 1 amide bonds. The highest BCUT2D eigenvalue weighted by molar-refractivity contribution is 7.88. The first-order valence-corrected chi connectivity index (χ1v) is 7.85. The minimum atomic E-state index is -3.24. The molecule has 106 valence electrons. The molecule has 1 rings (SSSR count). The Kier molecular flexibility index (Phi) is 5.36. The third-order valence-corrected chi connectivity index (χ3v) is 4.16. The third kappa shape index (κ3) is 4.43. The van der Waals surface area contributed by atoms with Crippen LogP contribution in [0.1, 0.15) is 13.3 Å². The fourth-order valence-electron chi connectivity index (χ4n) is 2.01. The molecule has 0 bridgehead atoms. The molecule has 8 heteroatoms. The topological polar surface area (TPSA) is 89.9 Å². The van der Waals surface area contributed by atoms with E-state index in [2.05, 4.69) is 5.32 Å². The molecule has 1 aliphatic rings. The molecule has 2 N–H and O–H groups in total. The van der Waals surface area contributed by atoms with Gasteiger partial charge in [-0.1, -0.05) is 6.92 Å². The summed E-state index contributed by atoms with van der Waals surface area (Å²) in [6, 6.07) is -0.142. The van der Waals surface area contributed by atoms with Gasteiger partial charge in [-0.15, -0.1) is 0 Å². The van der Waals surface area contributed by atoms with E-state index < -0.39 is 16.1 Å². The summed E-state index contributed by atoms with van der Waals surface area (Å²) in [5.74, 6) is 0. The van der Waals surface area contributed by atoms with E-state index in [4.69, 9.17) is 5.11 Å². The van der Waals surface area contributed by atoms with Crippen LogP contribution in [-0.2, 0) is 10.0 Å². The van der Waals surface area contributed by atoms with Crippen molar-refractivity contribution in [3.8, 4) is 0 Å². The van der Waals surface area contributed by atoms with Crippen molar-refractivity contribution in [3.05, 3.63) is 0 Å². The summed E-state index contributed by atoms with van der Waals surface area (Å²) < 4.78 is 24.6. The predicted molar refractivity (Wildman–Crippen MR) is 68.1 cm³/mol. The molecule has 1 heterocycles. The summed E-state index contributed by atoms with van der Waals surface area (Å²) in [5.41, 5.74) is 0. The Bertz CT molecular complexity index is 385. The Morgan fingerprint density at radius 3 is 2.72 bits per heavy atom. The van der Waals surface area contributed by atoms with Crippen LogP contribution in [-0.4, -0.2) is 73.8 Å². The zero-order chi connectivity index (χ0) is 13.8. The standard InChI is InChI=1S/C10H21N3O4S/c1-3-5-13(18(2,16)17)8-9-7-12(10(14)15)6-4-11-9/h9,11H,3-8H2,1-2H3,(H,14,15)/t9-/m1/s1. The molecule has 0 aromatic heterocycles. The summed E-state index contributed by atoms with van der Waals surface area (Å²) >= 11 is 0. The third-order valence-electron chi connectivity index (χ3n) is 2.89. The highest BCUT2D eigenvalue weighted by atomic mass is 32.2. The van der Waals surface area contributed by atoms with Crippen molar-refractivity contribution in [2.24, 2.45) is 0 Å². The largest absolute Gasteiger partial charge is 0.465 e. The SMILES string of the molecule is CCCN(C[C@H]1CN(C(=O)O)CCN1)S(C)(=O)=O. The van der Waals surface area contributed by atoms with E-state index in [1.165, 1.54) is 15.5 Å². The Labute approximate surface area is 108 Å². The van der Waals surface area contributed by atoms with E-state index in [-0.39, 0.29) is 6.04 Å². The van der Waals surface area contributed by atoms with Gasteiger partial charge in [0.15, 0.2) is 0 Å². The summed E-state index contributed by atoms with van der Waals surface area (Å²) in [7, 11) is -3.24. The highest BCUT2D eigenvalue weighted by Gasteiger charge is 2.26. The van der Waals surface area contributed by atoms with Gasteiger partial charge in [0.05, 0.1) is 6.26 Å². The number of sulfonamides is 1. The Hall–Kier alpha value is -0.860. The molecule has 0 spiro atoms. The van der Waals surface area contributed by atoms with Crippen LogP contribution in [0, 0.1) is 0 Å². The van der Waals surface area contributed by atoms with Crippen LogP contribution in [0.4, 0.5) is 4.79 Å². The van der Waals surface area contributed by atoms with Gasteiger partial charge in [-0.3, -0.25) is 0 Å². The molecule has 0 aromatic rings. The first-order chi connectivity index (χ1) is 8.34. The molecular weight excluding hydrogens is 258 g/mol. The molecular formula is C10H21N3O4S. The number of hydrogen-bond donors (Lipinski definition) is 2. The molecule has 18 heavy (non-hydrogen) atoms. The van der Waals surface area contributed by atoms with Crippen molar-refractivity contribution < 1.29 is 18.3 Å². The molecule has 1 saturated heterocycles. The molecule has 0 radical (unpaired) electrons. The number of carboxylic acid groups (broad SMARTS) is 1. The second-order valence-corrected chi connectivity index (χ2v) is 6.48. The van der Waals surface area contributed by atoms with Crippen LogP contribution >= 0.6 is 0 Å². The molecule has 0 saturated carbocycles. The Balaban J connectivity index is 2.61.